The van der Waals surface area contributed by atoms with Gasteiger partial charge in [-0.25, -0.2) is 4.79 Å². The highest BCUT2D eigenvalue weighted by Crippen LogP contribution is 2.21. The van der Waals surface area contributed by atoms with Crippen LogP contribution < -0.4 is 5.76 Å². The monoisotopic (exact) mass is 366 g/mol. The number of carbonyl (C=O) groups is 2. The molecule has 7 nitrogen and oxygen atoms in total. The standard InChI is InChI=1S/C17H19ClN2O5/c1-2-24-16(22)11-5-7-19(8-6-11)15(21)10-20-13-4-3-12(18)9-14(13)25-17(20)23/h3-4,9,11H,2,5-8,10H2,1H3. The lowest BCUT2D eigenvalue weighted by atomic mass is 9.97. The zero-order chi connectivity index (χ0) is 18.0. The summed E-state index contributed by atoms with van der Waals surface area (Å²) in [5.74, 6) is -1.14. The van der Waals surface area contributed by atoms with Crippen LogP contribution in [0.1, 0.15) is 19.8 Å². The van der Waals surface area contributed by atoms with Crippen molar-refractivity contribution in [3.05, 3.63) is 33.8 Å². The summed E-state index contributed by atoms with van der Waals surface area (Å²) < 4.78 is 11.5. The van der Waals surface area contributed by atoms with Crippen LogP contribution in [0, 0.1) is 5.92 Å². The summed E-state index contributed by atoms with van der Waals surface area (Å²) in [6.45, 7) is 2.98. The number of aromatic nitrogens is 1. The van der Waals surface area contributed by atoms with E-state index in [0.29, 0.717) is 48.7 Å². The Labute approximate surface area is 149 Å². The van der Waals surface area contributed by atoms with Crippen molar-refractivity contribution in [1.82, 2.24) is 9.47 Å². The van der Waals surface area contributed by atoms with E-state index >= 15 is 0 Å². The van der Waals surface area contributed by atoms with Crippen LogP contribution in [0.5, 0.6) is 0 Å². The molecular weight excluding hydrogens is 348 g/mol. The lowest BCUT2D eigenvalue weighted by molar-refractivity contribution is -0.151. The van der Waals surface area contributed by atoms with Crippen LogP contribution >= 0.6 is 11.6 Å². The van der Waals surface area contributed by atoms with Gasteiger partial charge in [0.2, 0.25) is 5.91 Å². The molecule has 8 heteroatoms. The molecule has 134 valence electrons. The predicted octanol–water partition coefficient (Wildman–Crippen LogP) is 2.05. The van der Waals surface area contributed by atoms with Crippen LogP contribution in [-0.4, -0.2) is 41.0 Å². The maximum Gasteiger partial charge on any atom is 0.420 e. The van der Waals surface area contributed by atoms with Gasteiger partial charge in [0, 0.05) is 24.2 Å². The van der Waals surface area contributed by atoms with Gasteiger partial charge >= 0.3 is 11.7 Å². The number of hydrogen-bond acceptors (Lipinski definition) is 5. The van der Waals surface area contributed by atoms with Gasteiger partial charge in [-0.15, -0.1) is 0 Å². The average Bonchev–Trinajstić information content (AvgIpc) is 2.90. The molecule has 2 heterocycles. The smallest absolute Gasteiger partial charge is 0.420 e. The van der Waals surface area contributed by atoms with Crippen LogP contribution in [0.3, 0.4) is 0 Å². The molecular formula is C17H19ClN2O5. The zero-order valence-electron chi connectivity index (χ0n) is 13.9. The summed E-state index contributed by atoms with van der Waals surface area (Å²) in [6.07, 6.45) is 1.14. The maximum absolute atomic E-state index is 12.5. The van der Waals surface area contributed by atoms with Crippen LogP contribution in [0.2, 0.25) is 5.02 Å². The molecule has 2 aromatic rings. The molecule has 0 unspecified atom stereocenters. The van der Waals surface area contributed by atoms with Crippen molar-refractivity contribution in [2.24, 2.45) is 5.92 Å². The number of carbonyl (C=O) groups excluding carboxylic acids is 2. The Balaban J connectivity index is 1.67. The van der Waals surface area contributed by atoms with E-state index in [1.54, 1.807) is 30.0 Å². The number of benzene rings is 1. The second kappa shape index (κ2) is 7.31. The third kappa shape index (κ3) is 3.71. The fourth-order valence-electron chi connectivity index (χ4n) is 3.05. The second-order valence-electron chi connectivity index (χ2n) is 5.97. The number of hydrogen-bond donors (Lipinski definition) is 0. The molecule has 1 amide bonds. The Bertz CT molecular complexity index is 848. The Hall–Kier alpha value is -2.28. The molecule has 1 aromatic carbocycles. The SMILES string of the molecule is CCOC(=O)C1CCN(C(=O)Cn2c(=O)oc3cc(Cl)ccc32)CC1. The Morgan fingerprint density at radius 3 is 2.72 bits per heavy atom. The largest absolute Gasteiger partial charge is 0.466 e. The van der Waals surface area contributed by atoms with Gasteiger partial charge in [0.05, 0.1) is 18.0 Å². The zero-order valence-corrected chi connectivity index (χ0v) is 14.6. The number of amides is 1. The van der Waals surface area contributed by atoms with E-state index in [9.17, 15) is 14.4 Å². The van der Waals surface area contributed by atoms with Gasteiger partial charge in [-0.3, -0.25) is 14.2 Å². The molecule has 3 rings (SSSR count). The second-order valence-corrected chi connectivity index (χ2v) is 6.41. The third-order valence-corrected chi connectivity index (χ3v) is 4.63. The molecule has 0 N–H and O–H groups in total. The van der Waals surface area contributed by atoms with Crippen LogP contribution in [-0.2, 0) is 20.9 Å². The first kappa shape index (κ1) is 17.5. The van der Waals surface area contributed by atoms with E-state index in [1.165, 1.54) is 4.57 Å². The minimum atomic E-state index is -0.591. The number of ether oxygens (including phenoxy) is 1. The molecule has 0 saturated carbocycles. The van der Waals surface area contributed by atoms with Gasteiger partial charge < -0.3 is 14.1 Å². The Kier molecular flexibility index (Phi) is 5.13. The van der Waals surface area contributed by atoms with Gasteiger partial charge in [-0.05, 0) is 31.9 Å². The van der Waals surface area contributed by atoms with Crippen molar-refractivity contribution in [3.63, 3.8) is 0 Å². The molecule has 0 bridgehead atoms. The lowest BCUT2D eigenvalue weighted by Gasteiger charge is -2.30. The molecule has 1 aliphatic heterocycles. The highest BCUT2D eigenvalue weighted by molar-refractivity contribution is 6.31. The first-order valence-electron chi connectivity index (χ1n) is 8.23. The fourth-order valence-corrected chi connectivity index (χ4v) is 3.21. The van der Waals surface area contributed by atoms with Gasteiger partial charge in [-0.1, -0.05) is 11.6 Å². The van der Waals surface area contributed by atoms with E-state index in [0.717, 1.165) is 0 Å². The summed E-state index contributed by atoms with van der Waals surface area (Å²) in [4.78, 5) is 37.9. The predicted molar refractivity (Wildman–Crippen MR) is 91.4 cm³/mol. The Morgan fingerprint density at radius 2 is 2.04 bits per heavy atom. The van der Waals surface area contributed by atoms with Crippen LogP contribution in [0.25, 0.3) is 11.1 Å². The lowest BCUT2D eigenvalue weighted by Crippen LogP contribution is -2.42. The highest BCUT2D eigenvalue weighted by Gasteiger charge is 2.28. The molecule has 1 saturated heterocycles. The topological polar surface area (TPSA) is 81.8 Å². The van der Waals surface area contributed by atoms with Crippen LogP contribution in [0.15, 0.2) is 27.4 Å². The summed E-state index contributed by atoms with van der Waals surface area (Å²) in [5.41, 5.74) is 0.885. The number of esters is 1. The van der Waals surface area contributed by atoms with Crippen molar-refractivity contribution in [2.75, 3.05) is 19.7 Å². The normalized spacial score (nSPS) is 15.5. The number of nitrogens with zero attached hydrogens (tertiary/aromatic N) is 2. The molecule has 0 aliphatic carbocycles. The number of rotatable bonds is 4. The molecule has 1 fully saturated rings. The average molecular weight is 367 g/mol. The van der Waals surface area contributed by atoms with Gasteiger partial charge in [0.1, 0.15) is 6.54 Å². The van der Waals surface area contributed by atoms with E-state index in [-0.39, 0.29) is 24.3 Å². The van der Waals surface area contributed by atoms with Gasteiger partial charge in [0.15, 0.2) is 5.58 Å². The van der Waals surface area contributed by atoms with Crippen molar-refractivity contribution < 1.29 is 18.7 Å². The Morgan fingerprint density at radius 1 is 1.32 bits per heavy atom. The van der Waals surface area contributed by atoms with Crippen molar-refractivity contribution >= 4 is 34.6 Å². The number of halogens is 1. The highest BCUT2D eigenvalue weighted by atomic mass is 35.5. The molecule has 0 atom stereocenters. The molecule has 0 spiro atoms. The number of oxazole rings is 1. The van der Waals surface area contributed by atoms with Crippen molar-refractivity contribution in [3.8, 4) is 0 Å². The van der Waals surface area contributed by atoms with Crippen molar-refractivity contribution in [1.29, 1.82) is 0 Å². The summed E-state index contributed by atoms with van der Waals surface area (Å²) in [7, 11) is 0. The van der Waals surface area contributed by atoms with E-state index < -0.39 is 5.76 Å². The summed E-state index contributed by atoms with van der Waals surface area (Å²) in [5, 5.41) is 0.459. The molecule has 1 aliphatic rings. The number of piperidine rings is 1. The van der Waals surface area contributed by atoms with E-state index in [2.05, 4.69) is 0 Å². The quantitative estimate of drug-likeness (QED) is 0.773. The molecule has 1 aromatic heterocycles. The van der Waals surface area contributed by atoms with Crippen LogP contribution in [0.4, 0.5) is 0 Å². The van der Waals surface area contributed by atoms with Crippen molar-refractivity contribution in [2.45, 2.75) is 26.3 Å². The number of fused-ring (bicyclic) bond motifs is 1. The first-order chi connectivity index (χ1) is 12.0. The minimum absolute atomic E-state index is 0.0997. The van der Waals surface area contributed by atoms with Gasteiger partial charge in [0.25, 0.3) is 0 Å². The molecule has 0 radical (unpaired) electrons. The van der Waals surface area contributed by atoms with E-state index in [4.69, 9.17) is 20.8 Å². The minimum Gasteiger partial charge on any atom is -0.466 e. The third-order valence-electron chi connectivity index (χ3n) is 4.39. The summed E-state index contributed by atoms with van der Waals surface area (Å²) >= 11 is 5.89. The maximum atomic E-state index is 12.5. The number of likely N-dealkylation sites (tertiary alicyclic amines) is 1. The van der Waals surface area contributed by atoms with E-state index in [1.807, 2.05) is 0 Å². The first-order valence-corrected chi connectivity index (χ1v) is 8.60. The molecule has 25 heavy (non-hydrogen) atoms. The fraction of sp³-hybridized carbons (Fsp3) is 0.471. The summed E-state index contributed by atoms with van der Waals surface area (Å²) in [6, 6.07) is 4.84. The van der Waals surface area contributed by atoms with Gasteiger partial charge in [-0.2, -0.15) is 0 Å².